The highest BCUT2D eigenvalue weighted by molar-refractivity contribution is 9.10. The third kappa shape index (κ3) is 3.37. The first-order chi connectivity index (χ1) is 9.84. The number of benzene rings is 1. The number of halogens is 1. The van der Waals surface area contributed by atoms with Crippen molar-refractivity contribution in [3.8, 4) is 0 Å². The quantitative estimate of drug-likeness (QED) is 0.870. The van der Waals surface area contributed by atoms with E-state index in [2.05, 4.69) is 50.4 Å². The number of nitrogens with one attached hydrogen (secondary N) is 1. The molecule has 1 aliphatic heterocycles. The Kier molecular flexibility index (Phi) is 5.00. The van der Waals surface area contributed by atoms with E-state index in [1.807, 2.05) is 0 Å². The summed E-state index contributed by atoms with van der Waals surface area (Å²) >= 11 is 3.71. The lowest BCUT2D eigenvalue weighted by molar-refractivity contribution is 0.277. The zero-order valence-corrected chi connectivity index (χ0v) is 13.7. The second kappa shape index (κ2) is 6.95. The van der Waals surface area contributed by atoms with Crippen molar-refractivity contribution < 1.29 is 0 Å². The van der Waals surface area contributed by atoms with Crippen molar-refractivity contribution in [2.75, 3.05) is 24.5 Å². The van der Waals surface area contributed by atoms with E-state index in [1.165, 1.54) is 61.8 Å². The van der Waals surface area contributed by atoms with Crippen LogP contribution in [0.4, 0.5) is 5.69 Å². The van der Waals surface area contributed by atoms with E-state index in [-0.39, 0.29) is 0 Å². The molecule has 1 saturated heterocycles. The van der Waals surface area contributed by atoms with Crippen LogP contribution in [0.2, 0.25) is 0 Å². The molecule has 110 valence electrons. The van der Waals surface area contributed by atoms with Crippen LogP contribution in [-0.2, 0) is 0 Å². The summed E-state index contributed by atoms with van der Waals surface area (Å²) in [6, 6.07) is 9.32. The van der Waals surface area contributed by atoms with Crippen LogP contribution >= 0.6 is 15.9 Å². The Labute approximate surface area is 131 Å². The van der Waals surface area contributed by atoms with Gasteiger partial charge in [-0.3, -0.25) is 0 Å². The number of rotatable bonds is 2. The van der Waals surface area contributed by atoms with Gasteiger partial charge >= 0.3 is 0 Å². The van der Waals surface area contributed by atoms with Crippen LogP contribution in [0.3, 0.4) is 0 Å². The lowest BCUT2D eigenvalue weighted by Crippen LogP contribution is -2.43. The molecular weight excluding hydrogens is 312 g/mol. The molecule has 3 rings (SSSR count). The van der Waals surface area contributed by atoms with Gasteiger partial charge < -0.3 is 10.2 Å². The van der Waals surface area contributed by atoms with Crippen molar-refractivity contribution in [1.82, 2.24) is 5.32 Å². The van der Waals surface area contributed by atoms with Crippen molar-refractivity contribution >= 4 is 21.6 Å². The first kappa shape index (κ1) is 14.4. The Morgan fingerprint density at radius 3 is 2.65 bits per heavy atom. The van der Waals surface area contributed by atoms with Crippen LogP contribution < -0.4 is 10.2 Å². The Hall–Kier alpha value is -0.540. The molecule has 1 heterocycles. The fourth-order valence-corrected chi connectivity index (χ4v) is 4.27. The summed E-state index contributed by atoms with van der Waals surface area (Å²) in [6.45, 7) is 3.49. The van der Waals surface area contributed by atoms with Gasteiger partial charge in [0.2, 0.25) is 0 Å². The molecule has 0 aromatic heterocycles. The second-order valence-corrected chi connectivity index (χ2v) is 7.06. The van der Waals surface area contributed by atoms with Gasteiger partial charge in [-0.1, -0.05) is 31.4 Å². The average Bonchev–Trinajstić information content (AvgIpc) is 2.75. The predicted octanol–water partition coefficient (Wildman–Crippen LogP) is 4.20. The maximum absolute atomic E-state index is 3.81. The van der Waals surface area contributed by atoms with E-state index < -0.39 is 0 Å². The van der Waals surface area contributed by atoms with Gasteiger partial charge in [0.15, 0.2) is 0 Å². The van der Waals surface area contributed by atoms with Crippen LogP contribution in [0, 0.1) is 5.92 Å². The molecule has 1 saturated carbocycles. The molecule has 0 radical (unpaired) electrons. The van der Waals surface area contributed by atoms with Crippen molar-refractivity contribution in [2.45, 2.75) is 44.6 Å². The fraction of sp³-hybridized carbons (Fsp3) is 0.647. The summed E-state index contributed by atoms with van der Waals surface area (Å²) in [5.74, 6) is 0.881. The van der Waals surface area contributed by atoms with E-state index >= 15 is 0 Å². The highest BCUT2D eigenvalue weighted by Crippen LogP contribution is 2.31. The minimum Gasteiger partial charge on any atom is -0.369 e. The smallest absolute Gasteiger partial charge is 0.0511 e. The normalized spacial score (nSPS) is 25.4. The first-order valence-electron chi connectivity index (χ1n) is 8.07. The summed E-state index contributed by atoms with van der Waals surface area (Å²) in [4.78, 5) is 2.57. The Balaban J connectivity index is 1.73. The molecule has 1 unspecified atom stereocenters. The number of anilines is 1. The summed E-state index contributed by atoms with van der Waals surface area (Å²) in [5, 5.41) is 3.81. The zero-order chi connectivity index (χ0) is 13.8. The second-order valence-electron chi connectivity index (χ2n) is 6.21. The monoisotopic (exact) mass is 336 g/mol. The Morgan fingerprint density at radius 2 is 1.85 bits per heavy atom. The zero-order valence-electron chi connectivity index (χ0n) is 12.2. The topological polar surface area (TPSA) is 15.3 Å². The number of nitrogens with zero attached hydrogens (tertiary/aromatic N) is 1. The first-order valence-corrected chi connectivity index (χ1v) is 8.87. The molecule has 1 aromatic carbocycles. The minimum atomic E-state index is 0.671. The van der Waals surface area contributed by atoms with Crippen LogP contribution in [0.25, 0.3) is 0 Å². The summed E-state index contributed by atoms with van der Waals surface area (Å²) in [6.07, 6.45) is 8.38. The van der Waals surface area contributed by atoms with Crippen molar-refractivity contribution in [3.63, 3.8) is 0 Å². The molecule has 0 bridgehead atoms. The molecule has 0 amide bonds. The van der Waals surface area contributed by atoms with Gasteiger partial charge in [-0.15, -0.1) is 0 Å². The van der Waals surface area contributed by atoms with E-state index in [0.29, 0.717) is 6.04 Å². The van der Waals surface area contributed by atoms with Crippen LogP contribution in [0.5, 0.6) is 0 Å². The predicted molar refractivity (Wildman–Crippen MR) is 89.3 cm³/mol. The van der Waals surface area contributed by atoms with E-state index in [9.17, 15) is 0 Å². The fourth-order valence-electron chi connectivity index (χ4n) is 3.73. The van der Waals surface area contributed by atoms with E-state index in [0.717, 1.165) is 12.5 Å². The van der Waals surface area contributed by atoms with Gasteiger partial charge in [0.25, 0.3) is 0 Å². The molecule has 1 aromatic rings. The highest BCUT2D eigenvalue weighted by atomic mass is 79.9. The summed E-state index contributed by atoms with van der Waals surface area (Å²) in [7, 11) is 0. The molecular formula is C17H25BrN2. The summed E-state index contributed by atoms with van der Waals surface area (Å²) < 4.78 is 1.23. The SMILES string of the molecule is Brc1ccccc1N1CCCNC(C2CCCCC2)C1. The van der Waals surface area contributed by atoms with Gasteiger partial charge in [-0.2, -0.15) is 0 Å². The lowest BCUT2D eigenvalue weighted by atomic mass is 9.83. The maximum atomic E-state index is 3.81. The minimum absolute atomic E-state index is 0.671. The number of hydrogen-bond acceptors (Lipinski definition) is 2. The third-order valence-electron chi connectivity index (χ3n) is 4.84. The molecule has 2 nitrogen and oxygen atoms in total. The number of para-hydroxylation sites is 1. The van der Waals surface area contributed by atoms with Crippen LogP contribution in [0.1, 0.15) is 38.5 Å². The third-order valence-corrected chi connectivity index (χ3v) is 5.51. The van der Waals surface area contributed by atoms with Gasteiger partial charge in [0.1, 0.15) is 0 Å². The molecule has 1 N–H and O–H groups in total. The molecule has 2 fully saturated rings. The van der Waals surface area contributed by atoms with E-state index in [4.69, 9.17) is 0 Å². The standard InChI is InChI=1S/C17H25BrN2/c18-15-9-4-5-10-17(15)20-12-6-11-19-16(13-20)14-7-2-1-3-8-14/h4-5,9-10,14,16,19H,1-3,6-8,11-13H2. The molecule has 2 aliphatic rings. The Bertz CT molecular complexity index is 429. The van der Waals surface area contributed by atoms with Gasteiger partial charge in [-0.25, -0.2) is 0 Å². The largest absolute Gasteiger partial charge is 0.369 e. The highest BCUT2D eigenvalue weighted by Gasteiger charge is 2.27. The Morgan fingerprint density at radius 1 is 1.05 bits per heavy atom. The van der Waals surface area contributed by atoms with Crippen LogP contribution in [-0.4, -0.2) is 25.7 Å². The van der Waals surface area contributed by atoms with Gasteiger partial charge in [0.05, 0.1) is 5.69 Å². The number of hydrogen-bond donors (Lipinski definition) is 1. The average molecular weight is 337 g/mol. The van der Waals surface area contributed by atoms with Crippen molar-refractivity contribution in [2.24, 2.45) is 5.92 Å². The van der Waals surface area contributed by atoms with Gasteiger partial charge in [-0.05, 0) is 59.8 Å². The lowest BCUT2D eigenvalue weighted by Gasteiger charge is -2.34. The van der Waals surface area contributed by atoms with Crippen molar-refractivity contribution in [1.29, 1.82) is 0 Å². The maximum Gasteiger partial charge on any atom is 0.0511 e. The van der Waals surface area contributed by atoms with Crippen molar-refractivity contribution in [3.05, 3.63) is 28.7 Å². The van der Waals surface area contributed by atoms with Crippen LogP contribution in [0.15, 0.2) is 28.7 Å². The molecule has 0 spiro atoms. The molecule has 3 heteroatoms. The van der Waals surface area contributed by atoms with E-state index in [1.54, 1.807) is 0 Å². The summed E-state index contributed by atoms with van der Waals surface area (Å²) in [5.41, 5.74) is 1.36. The molecule has 1 atom stereocenters. The van der Waals surface area contributed by atoms with Gasteiger partial charge in [0, 0.05) is 23.6 Å². The molecule has 1 aliphatic carbocycles. The molecule has 20 heavy (non-hydrogen) atoms.